The lowest BCUT2D eigenvalue weighted by molar-refractivity contribution is 0.362. The van der Waals surface area contributed by atoms with Crippen molar-refractivity contribution in [2.75, 3.05) is 0 Å². The molecule has 0 heterocycles. The fourth-order valence-electron chi connectivity index (χ4n) is 2.50. The van der Waals surface area contributed by atoms with Gasteiger partial charge in [-0.25, -0.2) is 0 Å². The van der Waals surface area contributed by atoms with Crippen LogP contribution in [0.5, 0.6) is 0 Å². The van der Waals surface area contributed by atoms with E-state index in [4.69, 9.17) is 0 Å². The second-order valence-corrected chi connectivity index (χ2v) is 5.05. The van der Waals surface area contributed by atoms with Gasteiger partial charge in [0, 0.05) is 0 Å². The van der Waals surface area contributed by atoms with Crippen molar-refractivity contribution in [3.63, 3.8) is 0 Å². The number of rotatable bonds is 3. The molecule has 0 amide bonds. The maximum absolute atomic E-state index is 2.36. The molecule has 0 aliphatic heterocycles. The first-order valence-corrected chi connectivity index (χ1v) is 6.58. The molecule has 0 unspecified atom stereocenters. The van der Waals surface area contributed by atoms with Gasteiger partial charge in [-0.15, -0.1) is 0 Å². The molecule has 0 saturated heterocycles. The quantitative estimate of drug-likeness (QED) is 0.665. The Kier molecular flexibility index (Phi) is 4.21. The zero-order valence-corrected chi connectivity index (χ0v) is 10.3. The van der Waals surface area contributed by atoms with Crippen LogP contribution in [0.15, 0.2) is 30.3 Å². The Hall–Kier alpha value is -1.04. The fraction of sp³-hybridized carbons (Fsp3) is 0.500. The third-order valence-electron chi connectivity index (χ3n) is 3.58. The molecule has 0 heteroatoms. The van der Waals surface area contributed by atoms with Crippen LogP contribution in [-0.4, -0.2) is 0 Å². The molecule has 0 aromatic heterocycles. The Balaban J connectivity index is 1.82. The predicted molar refractivity (Wildman–Crippen MR) is 71.4 cm³/mol. The molecule has 0 bridgehead atoms. The van der Waals surface area contributed by atoms with E-state index >= 15 is 0 Å². The molecule has 1 aromatic carbocycles. The van der Waals surface area contributed by atoms with Crippen LogP contribution in [0.25, 0.3) is 6.08 Å². The molecule has 1 aromatic rings. The monoisotopic (exact) mass is 214 g/mol. The molecule has 1 saturated carbocycles. The summed E-state index contributed by atoms with van der Waals surface area (Å²) in [5.41, 5.74) is 2.67. The van der Waals surface area contributed by atoms with Gasteiger partial charge < -0.3 is 0 Å². The summed E-state index contributed by atoms with van der Waals surface area (Å²) in [6.45, 7) is 2.13. The Labute approximate surface area is 99.4 Å². The van der Waals surface area contributed by atoms with Gasteiger partial charge in [-0.3, -0.25) is 0 Å². The number of benzene rings is 1. The Morgan fingerprint density at radius 1 is 1.06 bits per heavy atom. The largest absolute Gasteiger partial charge is 0.0837 e. The van der Waals surface area contributed by atoms with E-state index in [0.717, 1.165) is 5.92 Å². The van der Waals surface area contributed by atoms with Gasteiger partial charge in [0.1, 0.15) is 0 Å². The Morgan fingerprint density at radius 3 is 2.44 bits per heavy atom. The number of hydrogen-bond donors (Lipinski definition) is 0. The van der Waals surface area contributed by atoms with Crippen LogP contribution in [0.2, 0.25) is 0 Å². The minimum absolute atomic E-state index is 0.954. The fourth-order valence-corrected chi connectivity index (χ4v) is 2.50. The van der Waals surface area contributed by atoms with Crippen LogP contribution in [0.3, 0.4) is 0 Å². The molecule has 86 valence electrons. The summed E-state index contributed by atoms with van der Waals surface area (Å²) in [5, 5.41) is 0. The van der Waals surface area contributed by atoms with E-state index in [0.29, 0.717) is 0 Å². The van der Waals surface area contributed by atoms with Crippen LogP contribution in [0, 0.1) is 12.8 Å². The summed E-state index contributed by atoms with van der Waals surface area (Å²) < 4.78 is 0. The topological polar surface area (TPSA) is 0 Å². The van der Waals surface area contributed by atoms with E-state index < -0.39 is 0 Å². The van der Waals surface area contributed by atoms with Crippen molar-refractivity contribution in [3.05, 3.63) is 41.5 Å². The molecule has 0 spiro atoms. The van der Waals surface area contributed by atoms with E-state index in [9.17, 15) is 0 Å². The lowest BCUT2D eigenvalue weighted by Gasteiger charge is -2.19. The first-order chi connectivity index (χ1) is 7.84. The third-order valence-corrected chi connectivity index (χ3v) is 3.58. The Morgan fingerprint density at radius 2 is 1.75 bits per heavy atom. The minimum atomic E-state index is 0.954. The van der Waals surface area contributed by atoms with Crippen molar-refractivity contribution < 1.29 is 0 Å². The molecule has 16 heavy (non-hydrogen) atoms. The van der Waals surface area contributed by atoms with Gasteiger partial charge in [0.2, 0.25) is 0 Å². The molecular weight excluding hydrogens is 192 g/mol. The van der Waals surface area contributed by atoms with E-state index in [1.54, 1.807) is 0 Å². The second kappa shape index (κ2) is 5.89. The van der Waals surface area contributed by atoms with Crippen molar-refractivity contribution in [1.29, 1.82) is 0 Å². The van der Waals surface area contributed by atoms with Gasteiger partial charge in [0.15, 0.2) is 0 Å². The molecule has 0 nitrogen and oxygen atoms in total. The van der Waals surface area contributed by atoms with Crippen molar-refractivity contribution in [3.8, 4) is 0 Å². The SMILES string of the molecule is Cc1ccc(/C=C/CC2CCCCC2)cc1. The lowest BCUT2D eigenvalue weighted by atomic mass is 9.87. The van der Waals surface area contributed by atoms with Crippen LogP contribution in [0.1, 0.15) is 49.7 Å². The average molecular weight is 214 g/mol. The number of hydrogen-bond acceptors (Lipinski definition) is 0. The van der Waals surface area contributed by atoms with E-state index in [2.05, 4.69) is 43.3 Å². The van der Waals surface area contributed by atoms with Crippen molar-refractivity contribution in [1.82, 2.24) is 0 Å². The van der Waals surface area contributed by atoms with Gasteiger partial charge in [-0.05, 0) is 24.8 Å². The summed E-state index contributed by atoms with van der Waals surface area (Å²) in [7, 11) is 0. The molecule has 2 rings (SSSR count). The highest BCUT2D eigenvalue weighted by atomic mass is 14.2. The van der Waals surface area contributed by atoms with Gasteiger partial charge in [-0.2, -0.15) is 0 Å². The van der Waals surface area contributed by atoms with Gasteiger partial charge in [0.05, 0.1) is 0 Å². The summed E-state index contributed by atoms with van der Waals surface area (Å²) in [4.78, 5) is 0. The maximum Gasteiger partial charge on any atom is -0.0260 e. The highest BCUT2D eigenvalue weighted by Gasteiger charge is 2.10. The standard InChI is InChI=1S/C16H22/c1-14-10-12-16(13-11-14)9-5-8-15-6-3-2-4-7-15/h5,9-13,15H,2-4,6-8H2,1H3/b9-5+. The smallest absolute Gasteiger partial charge is 0.0260 e. The van der Waals surface area contributed by atoms with Crippen LogP contribution in [0.4, 0.5) is 0 Å². The van der Waals surface area contributed by atoms with Crippen molar-refractivity contribution in [2.24, 2.45) is 5.92 Å². The second-order valence-electron chi connectivity index (χ2n) is 5.05. The van der Waals surface area contributed by atoms with E-state index in [-0.39, 0.29) is 0 Å². The highest BCUT2D eigenvalue weighted by Crippen LogP contribution is 2.26. The first-order valence-electron chi connectivity index (χ1n) is 6.58. The number of allylic oxidation sites excluding steroid dienone is 1. The van der Waals surface area contributed by atoms with Gasteiger partial charge >= 0.3 is 0 Å². The van der Waals surface area contributed by atoms with E-state index in [1.165, 1.54) is 49.7 Å². The summed E-state index contributed by atoms with van der Waals surface area (Å²) in [6.07, 6.45) is 13.1. The predicted octanol–water partition coefficient (Wildman–Crippen LogP) is 4.98. The summed E-state index contributed by atoms with van der Waals surface area (Å²) in [6, 6.07) is 8.76. The maximum atomic E-state index is 2.36. The number of aryl methyl sites for hydroxylation is 1. The average Bonchev–Trinajstić information content (AvgIpc) is 2.33. The van der Waals surface area contributed by atoms with Crippen LogP contribution >= 0.6 is 0 Å². The third kappa shape index (κ3) is 3.52. The molecule has 0 radical (unpaired) electrons. The van der Waals surface area contributed by atoms with Gasteiger partial charge in [-0.1, -0.05) is 74.1 Å². The van der Waals surface area contributed by atoms with E-state index in [1.807, 2.05) is 0 Å². The lowest BCUT2D eigenvalue weighted by Crippen LogP contribution is -2.04. The molecule has 1 aliphatic rings. The normalized spacial score (nSPS) is 18.1. The Bertz CT molecular complexity index is 326. The minimum Gasteiger partial charge on any atom is -0.0837 e. The van der Waals surface area contributed by atoms with Crippen LogP contribution in [-0.2, 0) is 0 Å². The zero-order chi connectivity index (χ0) is 11.2. The van der Waals surface area contributed by atoms with Crippen molar-refractivity contribution in [2.45, 2.75) is 45.4 Å². The first kappa shape index (κ1) is 11.4. The molecule has 0 N–H and O–H groups in total. The molecule has 0 atom stereocenters. The molecular formula is C16H22. The molecule has 1 fully saturated rings. The van der Waals surface area contributed by atoms with Crippen LogP contribution < -0.4 is 0 Å². The highest BCUT2D eigenvalue weighted by molar-refractivity contribution is 5.49. The summed E-state index contributed by atoms with van der Waals surface area (Å²) >= 11 is 0. The zero-order valence-electron chi connectivity index (χ0n) is 10.3. The summed E-state index contributed by atoms with van der Waals surface area (Å²) in [5.74, 6) is 0.954. The van der Waals surface area contributed by atoms with Gasteiger partial charge in [0.25, 0.3) is 0 Å². The van der Waals surface area contributed by atoms with Crippen molar-refractivity contribution >= 4 is 6.08 Å². The molecule has 1 aliphatic carbocycles.